The number of rotatable bonds is 5. The second-order valence-electron chi connectivity index (χ2n) is 5.56. The van der Waals surface area contributed by atoms with Crippen LogP contribution in [0.2, 0.25) is 0 Å². The molecule has 0 unspecified atom stereocenters. The molecule has 1 aliphatic heterocycles. The fourth-order valence-electron chi connectivity index (χ4n) is 2.77. The van der Waals surface area contributed by atoms with Gasteiger partial charge in [-0.1, -0.05) is 25.1 Å². The van der Waals surface area contributed by atoms with E-state index in [0.717, 1.165) is 12.0 Å². The Bertz CT molecular complexity index is 694. The first-order valence-electron chi connectivity index (χ1n) is 8.04. The van der Waals surface area contributed by atoms with Crippen molar-refractivity contribution in [2.75, 3.05) is 11.9 Å². The molecule has 0 saturated carbocycles. The summed E-state index contributed by atoms with van der Waals surface area (Å²) in [4.78, 5) is 36.7. The summed E-state index contributed by atoms with van der Waals surface area (Å²) in [6, 6.07) is 7.46. The van der Waals surface area contributed by atoms with Crippen LogP contribution in [-0.2, 0) is 25.5 Å². The molecular formula is C18H22N2O4. The first kappa shape index (κ1) is 17.7. The van der Waals surface area contributed by atoms with Crippen molar-refractivity contribution >= 4 is 23.5 Å². The van der Waals surface area contributed by atoms with Crippen LogP contribution in [0.1, 0.15) is 32.8 Å². The van der Waals surface area contributed by atoms with Gasteiger partial charge >= 0.3 is 5.97 Å². The molecule has 0 spiro atoms. The van der Waals surface area contributed by atoms with Gasteiger partial charge in [0.25, 0.3) is 0 Å². The Morgan fingerprint density at radius 3 is 2.67 bits per heavy atom. The van der Waals surface area contributed by atoms with Gasteiger partial charge in [0.05, 0.1) is 18.1 Å². The van der Waals surface area contributed by atoms with Crippen LogP contribution >= 0.6 is 0 Å². The number of esters is 1. The molecule has 0 radical (unpaired) electrons. The van der Waals surface area contributed by atoms with Gasteiger partial charge in [-0.2, -0.15) is 0 Å². The third-order valence-corrected chi connectivity index (χ3v) is 3.94. The lowest BCUT2D eigenvalue weighted by Gasteiger charge is -2.25. The normalized spacial score (nSPS) is 17.3. The van der Waals surface area contributed by atoms with Crippen molar-refractivity contribution in [2.45, 2.75) is 33.6 Å². The average Bonchev–Trinajstić information content (AvgIpc) is 2.54. The van der Waals surface area contributed by atoms with Crippen LogP contribution in [0.5, 0.6) is 0 Å². The topological polar surface area (TPSA) is 84.5 Å². The van der Waals surface area contributed by atoms with Crippen molar-refractivity contribution in [3.05, 3.63) is 41.1 Å². The summed E-state index contributed by atoms with van der Waals surface area (Å²) in [5, 5.41) is 5.44. The molecule has 0 saturated heterocycles. The molecule has 0 aromatic heterocycles. The van der Waals surface area contributed by atoms with Crippen LogP contribution in [0, 0.1) is 5.92 Å². The first-order valence-corrected chi connectivity index (χ1v) is 8.04. The average molecular weight is 330 g/mol. The van der Waals surface area contributed by atoms with Crippen LogP contribution in [0.3, 0.4) is 0 Å². The second kappa shape index (κ2) is 7.77. The van der Waals surface area contributed by atoms with E-state index < -0.39 is 11.9 Å². The van der Waals surface area contributed by atoms with E-state index in [0.29, 0.717) is 11.4 Å². The van der Waals surface area contributed by atoms with Gasteiger partial charge in [-0.05, 0) is 31.9 Å². The summed E-state index contributed by atoms with van der Waals surface area (Å²) in [7, 11) is 0. The van der Waals surface area contributed by atoms with Gasteiger partial charge < -0.3 is 15.4 Å². The lowest BCUT2D eigenvalue weighted by Crippen LogP contribution is -2.40. The molecule has 128 valence electrons. The molecule has 6 heteroatoms. The SMILES string of the molecule is CCOC(=O)C1=C(C)NC(=O)C[C@H]1C(=O)Nc1ccccc1CC. The first-order chi connectivity index (χ1) is 11.5. The number of aryl methyl sites for hydroxylation is 1. The number of hydrogen-bond donors (Lipinski definition) is 2. The summed E-state index contributed by atoms with van der Waals surface area (Å²) < 4.78 is 5.03. The summed E-state index contributed by atoms with van der Waals surface area (Å²) >= 11 is 0. The van der Waals surface area contributed by atoms with Gasteiger partial charge in [-0.25, -0.2) is 4.79 Å². The second-order valence-corrected chi connectivity index (χ2v) is 5.56. The number of allylic oxidation sites excluding steroid dienone is 1. The van der Waals surface area contributed by atoms with Crippen molar-refractivity contribution in [1.82, 2.24) is 5.32 Å². The summed E-state index contributed by atoms with van der Waals surface area (Å²) in [6.45, 7) is 5.50. The van der Waals surface area contributed by atoms with E-state index in [1.807, 2.05) is 25.1 Å². The highest BCUT2D eigenvalue weighted by molar-refractivity contribution is 6.06. The minimum Gasteiger partial charge on any atom is -0.463 e. The Morgan fingerprint density at radius 2 is 2.00 bits per heavy atom. The fourth-order valence-corrected chi connectivity index (χ4v) is 2.77. The van der Waals surface area contributed by atoms with Crippen molar-refractivity contribution in [1.29, 1.82) is 0 Å². The third kappa shape index (κ3) is 3.82. The molecule has 24 heavy (non-hydrogen) atoms. The molecule has 1 aromatic rings. The smallest absolute Gasteiger partial charge is 0.336 e. The van der Waals surface area contributed by atoms with E-state index in [1.54, 1.807) is 19.9 Å². The van der Waals surface area contributed by atoms with Crippen molar-refractivity contribution in [3.8, 4) is 0 Å². The number of benzene rings is 1. The van der Waals surface area contributed by atoms with E-state index in [4.69, 9.17) is 4.74 Å². The predicted molar refractivity (Wildman–Crippen MR) is 90.0 cm³/mol. The predicted octanol–water partition coefficient (Wildman–Crippen LogP) is 2.16. The molecule has 1 atom stereocenters. The molecule has 1 aliphatic rings. The number of para-hydroxylation sites is 1. The number of hydrogen-bond acceptors (Lipinski definition) is 4. The zero-order chi connectivity index (χ0) is 17.7. The number of nitrogens with one attached hydrogen (secondary N) is 2. The monoisotopic (exact) mass is 330 g/mol. The van der Waals surface area contributed by atoms with Gasteiger partial charge in [0.1, 0.15) is 0 Å². The molecule has 1 heterocycles. The van der Waals surface area contributed by atoms with Crippen LogP contribution in [0.25, 0.3) is 0 Å². The summed E-state index contributed by atoms with van der Waals surface area (Å²) in [5.41, 5.74) is 2.26. The van der Waals surface area contributed by atoms with E-state index >= 15 is 0 Å². The molecule has 0 fully saturated rings. The number of amides is 2. The highest BCUT2D eigenvalue weighted by Crippen LogP contribution is 2.26. The zero-order valence-electron chi connectivity index (χ0n) is 14.1. The van der Waals surface area contributed by atoms with Gasteiger partial charge in [-0.15, -0.1) is 0 Å². The standard InChI is InChI=1S/C18H22N2O4/c1-4-12-8-6-7-9-14(12)20-17(22)13-10-15(21)19-11(3)16(13)18(23)24-5-2/h6-9,13H,4-5,10H2,1-3H3,(H,19,21)(H,20,22)/t13-/m1/s1. The Hall–Kier alpha value is -2.63. The summed E-state index contributed by atoms with van der Waals surface area (Å²) in [5.74, 6) is -2.10. The zero-order valence-corrected chi connectivity index (χ0v) is 14.1. The largest absolute Gasteiger partial charge is 0.463 e. The summed E-state index contributed by atoms with van der Waals surface area (Å²) in [6.07, 6.45) is 0.687. The Labute approximate surface area is 141 Å². The van der Waals surface area contributed by atoms with Crippen LogP contribution < -0.4 is 10.6 Å². The quantitative estimate of drug-likeness (QED) is 0.810. The maximum Gasteiger partial charge on any atom is 0.336 e. The van der Waals surface area contributed by atoms with Crippen LogP contribution in [0.15, 0.2) is 35.5 Å². The van der Waals surface area contributed by atoms with Gasteiger partial charge in [-0.3, -0.25) is 9.59 Å². The molecular weight excluding hydrogens is 308 g/mol. The Kier molecular flexibility index (Phi) is 5.73. The Balaban J connectivity index is 2.29. The van der Waals surface area contributed by atoms with Crippen LogP contribution in [0.4, 0.5) is 5.69 Å². The maximum absolute atomic E-state index is 12.7. The van der Waals surface area contributed by atoms with E-state index in [9.17, 15) is 14.4 Å². The Morgan fingerprint density at radius 1 is 1.29 bits per heavy atom. The molecule has 6 nitrogen and oxygen atoms in total. The third-order valence-electron chi connectivity index (χ3n) is 3.94. The van der Waals surface area contributed by atoms with Crippen molar-refractivity contribution < 1.29 is 19.1 Å². The molecule has 2 N–H and O–H groups in total. The highest BCUT2D eigenvalue weighted by Gasteiger charge is 2.36. The lowest BCUT2D eigenvalue weighted by atomic mass is 9.89. The van der Waals surface area contributed by atoms with Crippen LogP contribution in [-0.4, -0.2) is 24.4 Å². The molecule has 0 aliphatic carbocycles. The number of carbonyl (C=O) groups is 3. The van der Waals surface area contributed by atoms with Gasteiger partial charge in [0, 0.05) is 17.8 Å². The highest BCUT2D eigenvalue weighted by atomic mass is 16.5. The van der Waals surface area contributed by atoms with E-state index in [1.165, 1.54) is 0 Å². The minimum atomic E-state index is -0.859. The fraction of sp³-hybridized carbons (Fsp3) is 0.389. The minimum absolute atomic E-state index is 0.0778. The number of anilines is 1. The van der Waals surface area contributed by atoms with Gasteiger partial charge in [0.15, 0.2) is 0 Å². The number of carbonyl (C=O) groups excluding carboxylic acids is 3. The van der Waals surface area contributed by atoms with Crippen molar-refractivity contribution in [3.63, 3.8) is 0 Å². The lowest BCUT2D eigenvalue weighted by molar-refractivity contribution is -0.141. The van der Waals surface area contributed by atoms with E-state index in [-0.39, 0.29) is 30.4 Å². The molecule has 0 bridgehead atoms. The van der Waals surface area contributed by atoms with E-state index in [2.05, 4.69) is 10.6 Å². The van der Waals surface area contributed by atoms with Gasteiger partial charge in [0.2, 0.25) is 11.8 Å². The maximum atomic E-state index is 12.7. The van der Waals surface area contributed by atoms with Crippen molar-refractivity contribution in [2.24, 2.45) is 5.92 Å². The molecule has 1 aromatic carbocycles. The molecule has 2 amide bonds. The molecule has 2 rings (SSSR count). The number of ether oxygens (including phenoxy) is 1.